The number of halogens is 3. The number of carbonyl (C=O) groups is 7. The number of benzene rings is 7. The number of carbonyl (C=O) groups excluding carboxylic acids is 7. The van der Waals surface area contributed by atoms with Crippen LogP contribution in [0.3, 0.4) is 0 Å². The van der Waals surface area contributed by atoms with E-state index in [1.807, 2.05) is 0 Å². The quantitative estimate of drug-likeness (QED) is 0.0283. The SMILES string of the molecule is O=C(OC[C@H]1O[C@@](COS(=O)(=O)C(F)(F)F)(O[C@H]2O[C@H](COC(=O)c3ccccc3)[C@@H](OC(=O)c3ccccc3)[C@H](OC(=O)c3ccccc3)[C@H]2OC(=O)c2ccccc2)[C@@H](OC(=O)c2ccccc2)[C@@H]1OC(=O)c1ccccc1)c1ccccc1. The molecule has 7 aromatic carbocycles. The first-order chi connectivity index (χ1) is 41.4. The number of rotatable bonds is 21. The molecule has 9 rings (SSSR count). The third-order valence-corrected chi connectivity index (χ3v) is 14.1. The highest BCUT2D eigenvalue weighted by molar-refractivity contribution is 7.87. The molecule has 0 aromatic heterocycles. The Bertz CT molecular complexity index is 3590. The molecule has 86 heavy (non-hydrogen) atoms. The summed E-state index contributed by atoms with van der Waals surface area (Å²) < 4.78 is 136. The largest absolute Gasteiger partial charge is 0.523 e. The van der Waals surface area contributed by atoms with E-state index in [9.17, 15) is 55.2 Å². The summed E-state index contributed by atoms with van der Waals surface area (Å²) in [6.45, 7) is -4.09. The fraction of sp³-hybridized carbons (Fsp3) is 0.210. The van der Waals surface area contributed by atoms with E-state index < -0.39 is 132 Å². The molecule has 7 aromatic rings. The third-order valence-electron chi connectivity index (χ3n) is 13.1. The van der Waals surface area contributed by atoms with Gasteiger partial charge in [-0.15, -0.1) is 0 Å². The Morgan fingerprint density at radius 3 is 1.06 bits per heavy atom. The minimum Gasteiger partial charge on any atom is -0.459 e. The van der Waals surface area contributed by atoms with Crippen LogP contribution in [-0.2, 0) is 61.7 Å². The van der Waals surface area contributed by atoms with Crippen LogP contribution in [0.15, 0.2) is 212 Å². The van der Waals surface area contributed by atoms with Crippen LogP contribution < -0.4 is 0 Å². The van der Waals surface area contributed by atoms with Crippen LogP contribution in [0, 0.1) is 0 Å². The molecule has 444 valence electrons. The van der Waals surface area contributed by atoms with E-state index >= 15 is 0 Å². The summed E-state index contributed by atoms with van der Waals surface area (Å²) in [6.07, 6.45) is -18.1. The lowest BCUT2D eigenvalue weighted by Crippen LogP contribution is -2.66. The van der Waals surface area contributed by atoms with Gasteiger partial charge >= 0.3 is 57.4 Å². The standard InChI is InChI=1S/C62H49F3O20S/c63-62(64,65)86(73,74)77-38-61(52(83-59(72)45-34-20-7-21-35-45)49(80-56(69)42-28-14-4-15-29-42)47(84-61)37-76-54(67)40-24-10-2-11-25-40)85-60-51(82-58(71)44-32-18-6-19-33-44)50(81-57(70)43-30-16-5-17-31-43)48(79-55(68)41-26-12-3-13-27-41)46(78-60)36-75-53(66)39-22-8-1-9-23-39/h1-35,46-52,60H,36-38H2/t46-,47-,48-,49-,50+,51-,52+,60-,61+/m1/s1. The van der Waals surface area contributed by atoms with Crippen molar-refractivity contribution in [1.29, 1.82) is 0 Å². The Labute approximate surface area is 488 Å². The van der Waals surface area contributed by atoms with Crippen LogP contribution in [-0.4, -0.2) is 130 Å². The van der Waals surface area contributed by atoms with Gasteiger partial charge in [0.2, 0.25) is 12.1 Å². The van der Waals surface area contributed by atoms with Gasteiger partial charge in [-0.3, -0.25) is 4.18 Å². The Morgan fingerprint density at radius 2 is 0.698 bits per heavy atom. The van der Waals surface area contributed by atoms with Gasteiger partial charge in [0.25, 0.3) is 0 Å². The monoisotopic (exact) mass is 1200 g/mol. The molecule has 2 heterocycles. The molecule has 9 atom stereocenters. The van der Waals surface area contributed by atoms with Gasteiger partial charge in [-0.05, 0) is 84.9 Å². The fourth-order valence-electron chi connectivity index (χ4n) is 8.89. The number of alkyl halides is 3. The molecule has 0 saturated carbocycles. The van der Waals surface area contributed by atoms with E-state index in [1.165, 1.54) is 176 Å². The van der Waals surface area contributed by atoms with E-state index in [-0.39, 0.29) is 38.9 Å². The normalized spacial score (nSPS) is 21.8. The molecule has 0 bridgehead atoms. The first-order valence-electron chi connectivity index (χ1n) is 26.1. The summed E-state index contributed by atoms with van der Waals surface area (Å²) in [7, 11) is -6.76. The molecule has 0 N–H and O–H groups in total. The smallest absolute Gasteiger partial charge is 0.459 e. The molecular weight excluding hydrogens is 1150 g/mol. The van der Waals surface area contributed by atoms with Gasteiger partial charge in [-0.2, -0.15) is 21.6 Å². The number of esters is 7. The Balaban J connectivity index is 1.25. The summed E-state index contributed by atoms with van der Waals surface area (Å²) in [5.74, 6) is -11.7. The molecular formula is C62H49F3O20S. The molecule has 0 aliphatic carbocycles. The molecule has 2 saturated heterocycles. The van der Waals surface area contributed by atoms with Gasteiger partial charge in [-0.25, -0.2) is 33.6 Å². The molecule has 2 aliphatic rings. The van der Waals surface area contributed by atoms with E-state index in [1.54, 1.807) is 36.4 Å². The van der Waals surface area contributed by atoms with Crippen LogP contribution in [0.25, 0.3) is 0 Å². The van der Waals surface area contributed by atoms with Crippen LogP contribution in [0.4, 0.5) is 13.2 Å². The second kappa shape index (κ2) is 27.4. The van der Waals surface area contributed by atoms with Crippen molar-refractivity contribution < 1.29 is 107 Å². The van der Waals surface area contributed by atoms with E-state index in [4.69, 9.17) is 51.6 Å². The van der Waals surface area contributed by atoms with Crippen molar-refractivity contribution >= 4 is 51.9 Å². The summed E-state index contributed by atoms with van der Waals surface area (Å²) in [6, 6.07) is 49.8. The maximum atomic E-state index is 14.6. The lowest BCUT2D eigenvalue weighted by Gasteiger charge is -2.46. The van der Waals surface area contributed by atoms with Gasteiger partial charge < -0.3 is 47.4 Å². The van der Waals surface area contributed by atoms with Gasteiger partial charge in [-0.1, -0.05) is 127 Å². The number of hydrogen-bond donors (Lipinski definition) is 0. The Morgan fingerprint density at radius 1 is 0.395 bits per heavy atom. The van der Waals surface area contributed by atoms with E-state index in [2.05, 4.69) is 0 Å². The zero-order valence-electron chi connectivity index (χ0n) is 44.7. The predicted molar refractivity (Wildman–Crippen MR) is 290 cm³/mol. The van der Waals surface area contributed by atoms with Gasteiger partial charge in [0, 0.05) is 0 Å². The zero-order chi connectivity index (χ0) is 60.8. The number of ether oxygens (including phenoxy) is 10. The highest BCUT2D eigenvalue weighted by Gasteiger charge is 2.66. The molecule has 0 amide bonds. The minimum absolute atomic E-state index is 0.0184. The lowest BCUT2D eigenvalue weighted by molar-refractivity contribution is -0.379. The first-order valence-corrected chi connectivity index (χ1v) is 27.5. The van der Waals surface area contributed by atoms with Gasteiger partial charge in [0.05, 0.1) is 38.9 Å². The molecule has 2 aliphatic heterocycles. The Hall–Kier alpha value is -9.59. The minimum atomic E-state index is -6.76. The number of hydrogen-bond acceptors (Lipinski definition) is 20. The Kier molecular flexibility index (Phi) is 19.4. The van der Waals surface area contributed by atoms with Crippen LogP contribution in [0.1, 0.15) is 72.5 Å². The maximum absolute atomic E-state index is 14.6. The molecule has 20 nitrogen and oxygen atoms in total. The van der Waals surface area contributed by atoms with Crippen molar-refractivity contribution in [3.63, 3.8) is 0 Å². The highest BCUT2D eigenvalue weighted by Crippen LogP contribution is 2.43. The third kappa shape index (κ3) is 14.8. The topological polar surface area (TPSA) is 255 Å². The average molecular weight is 1200 g/mol. The van der Waals surface area contributed by atoms with Gasteiger partial charge in [0.15, 0.2) is 30.5 Å². The van der Waals surface area contributed by atoms with Crippen LogP contribution >= 0.6 is 0 Å². The van der Waals surface area contributed by atoms with E-state index in [0.717, 1.165) is 0 Å². The fourth-order valence-corrected chi connectivity index (χ4v) is 9.34. The average Bonchev–Trinajstić information content (AvgIpc) is 1.90. The molecule has 0 radical (unpaired) electrons. The van der Waals surface area contributed by atoms with Crippen molar-refractivity contribution in [2.45, 2.75) is 60.3 Å². The van der Waals surface area contributed by atoms with Crippen LogP contribution in [0.2, 0.25) is 0 Å². The molecule has 2 fully saturated rings. The zero-order valence-corrected chi connectivity index (χ0v) is 45.5. The highest BCUT2D eigenvalue weighted by atomic mass is 32.2. The van der Waals surface area contributed by atoms with Crippen molar-refractivity contribution in [1.82, 2.24) is 0 Å². The second-order valence-electron chi connectivity index (χ2n) is 18.9. The lowest BCUT2D eigenvalue weighted by atomic mass is 9.97. The molecule has 0 spiro atoms. The summed E-state index contributed by atoms with van der Waals surface area (Å²) in [4.78, 5) is 99.5. The second-order valence-corrected chi connectivity index (χ2v) is 20.5. The van der Waals surface area contributed by atoms with Crippen molar-refractivity contribution in [2.24, 2.45) is 0 Å². The summed E-state index contributed by atoms with van der Waals surface area (Å²) in [5.41, 5.74) is -7.16. The first kappa shape index (κ1) is 61.0. The van der Waals surface area contributed by atoms with Crippen molar-refractivity contribution in [2.75, 3.05) is 19.8 Å². The summed E-state index contributed by atoms with van der Waals surface area (Å²) >= 11 is 0. The summed E-state index contributed by atoms with van der Waals surface area (Å²) in [5, 5.41) is 0. The van der Waals surface area contributed by atoms with Crippen LogP contribution in [0.5, 0.6) is 0 Å². The molecule has 0 unspecified atom stereocenters. The van der Waals surface area contributed by atoms with Gasteiger partial charge in [0.1, 0.15) is 32.0 Å². The van der Waals surface area contributed by atoms with Crippen molar-refractivity contribution in [3.8, 4) is 0 Å². The van der Waals surface area contributed by atoms with Crippen molar-refractivity contribution in [3.05, 3.63) is 251 Å². The predicted octanol–water partition coefficient (Wildman–Crippen LogP) is 8.53. The van der Waals surface area contributed by atoms with E-state index in [0.29, 0.717) is 0 Å². The molecule has 24 heteroatoms. The maximum Gasteiger partial charge on any atom is 0.523 e.